The molecule has 0 amide bonds. The topological polar surface area (TPSA) is 29.3 Å². The SMILES string of the molecule is Cc1ccccc1N(C)CCCc1ccc(N)cc1. The summed E-state index contributed by atoms with van der Waals surface area (Å²) in [5.41, 5.74) is 10.5. The molecule has 0 aliphatic heterocycles. The first-order valence-corrected chi connectivity index (χ1v) is 6.78. The van der Waals surface area contributed by atoms with Crippen LogP contribution < -0.4 is 10.6 Å². The molecule has 0 saturated heterocycles. The fraction of sp³-hybridized carbons (Fsp3) is 0.294. The van der Waals surface area contributed by atoms with E-state index in [1.807, 2.05) is 12.1 Å². The Hall–Kier alpha value is -1.96. The van der Waals surface area contributed by atoms with Gasteiger partial charge in [0, 0.05) is 25.0 Å². The molecular weight excluding hydrogens is 232 g/mol. The molecule has 0 aromatic heterocycles. The van der Waals surface area contributed by atoms with Gasteiger partial charge in [0.1, 0.15) is 0 Å². The molecule has 2 rings (SSSR count). The molecule has 0 spiro atoms. The van der Waals surface area contributed by atoms with Crippen LogP contribution in [0.25, 0.3) is 0 Å². The highest BCUT2D eigenvalue weighted by Gasteiger charge is 2.03. The third-order valence-electron chi connectivity index (χ3n) is 3.47. The van der Waals surface area contributed by atoms with Crippen molar-refractivity contribution in [2.45, 2.75) is 19.8 Å². The van der Waals surface area contributed by atoms with Crippen LogP contribution >= 0.6 is 0 Å². The Kier molecular flexibility index (Phi) is 4.45. The molecule has 2 N–H and O–H groups in total. The van der Waals surface area contributed by atoms with Gasteiger partial charge in [0.25, 0.3) is 0 Å². The summed E-state index contributed by atoms with van der Waals surface area (Å²) in [5.74, 6) is 0. The normalized spacial score (nSPS) is 10.4. The Morgan fingerprint density at radius 2 is 1.68 bits per heavy atom. The van der Waals surface area contributed by atoms with E-state index >= 15 is 0 Å². The molecule has 19 heavy (non-hydrogen) atoms. The third kappa shape index (κ3) is 3.75. The summed E-state index contributed by atoms with van der Waals surface area (Å²) in [6.45, 7) is 3.22. The van der Waals surface area contributed by atoms with Gasteiger partial charge in [-0.2, -0.15) is 0 Å². The maximum absolute atomic E-state index is 5.69. The van der Waals surface area contributed by atoms with Crippen molar-refractivity contribution in [1.29, 1.82) is 0 Å². The molecule has 0 aliphatic rings. The van der Waals surface area contributed by atoms with Gasteiger partial charge in [-0.15, -0.1) is 0 Å². The summed E-state index contributed by atoms with van der Waals surface area (Å²) in [6, 6.07) is 16.7. The standard InChI is InChI=1S/C17H22N2/c1-14-6-3-4-8-17(14)19(2)13-5-7-15-9-11-16(18)12-10-15/h3-4,6,8-12H,5,7,13,18H2,1-2H3. The zero-order valence-corrected chi connectivity index (χ0v) is 11.8. The lowest BCUT2D eigenvalue weighted by Crippen LogP contribution is -2.19. The van der Waals surface area contributed by atoms with Crippen LogP contribution in [0.2, 0.25) is 0 Å². The summed E-state index contributed by atoms with van der Waals surface area (Å²) in [5, 5.41) is 0. The lowest BCUT2D eigenvalue weighted by Gasteiger charge is -2.21. The molecule has 2 aromatic rings. The quantitative estimate of drug-likeness (QED) is 0.825. The molecule has 2 heteroatoms. The van der Waals surface area contributed by atoms with Crippen LogP contribution in [0.5, 0.6) is 0 Å². The minimum atomic E-state index is 0.834. The third-order valence-corrected chi connectivity index (χ3v) is 3.47. The van der Waals surface area contributed by atoms with Crippen LogP contribution in [0.15, 0.2) is 48.5 Å². The molecule has 0 radical (unpaired) electrons. The number of rotatable bonds is 5. The van der Waals surface area contributed by atoms with Crippen LogP contribution in [0.3, 0.4) is 0 Å². The molecule has 0 heterocycles. The summed E-state index contributed by atoms with van der Waals surface area (Å²) in [7, 11) is 2.16. The Morgan fingerprint density at radius 1 is 1.00 bits per heavy atom. The fourth-order valence-corrected chi connectivity index (χ4v) is 2.32. The highest BCUT2D eigenvalue weighted by Crippen LogP contribution is 2.18. The highest BCUT2D eigenvalue weighted by atomic mass is 15.1. The monoisotopic (exact) mass is 254 g/mol. The fourth-order valence-electron chi connectivity index (χ4n) is 2.32. The van der Waals surface area contributed by atoms with Crippen molar-refractivity contribution in [2.24, 2.45) is 0 Å². The number of para-hydroxylation sites is 1. The van der Waals surface area contributed by atoms with Crippen molar-refractivity contribution in [1.82, 2.24) is 0 Å². The summed E-state index contributed by atoms with van der Waals surface area (Å²) in [6.07, 6.45) is 2.24. The van der Waals surface area contributed by atoms with E-state index in [4.69, 9.17) is 5.73 Å². The summed E-state index contributed by atoms with van der Waals surface area (Å²) < 4.78 is 0. The van der Waals surface area contributed by atoms with Crippen molar-refractivity contribution in [2.75, 3.05) is 24.2 Å². The number of hydrogen-bond acceptors (Lipinski definition) is 2. The maximum atomic E-state index is 5.69. The molecular formula is C17H22N2. The largest absolute Gasteiger partial charge is 0.399 e. The molecule has 0 aliphatic carbocycles. The van der Waals surface area contributed by atoms with E-state index < -0.39 is 0 Å². The number of nitrogen functional groups attached to an aromatic ring is 1. The molecule has 0 saturated carbocycles. The first kappa shape index (κ1) is 13.5. The van der Waals surface area contributed by atoms with Crippen molar-refractivity contribution in [3.05, 3.63) is 59.7 Å². The molecule has 0 atom stereocenters. The lowest BCUT2D eigenvalue weighted by atomic mass is 10.1. The first-order chi connectivity index (χ1) is 9.16. The van der Waals surface area contributed by atoms with E-state index in [1.54, 1.807) is 0 Å². The van der Waals surface area contributed by atoms with Gasteiger partial charge < -0.3 is 10.6 Å². The van der Waals surface area contributed by atoms with Gasteiger partial charge in [0.2, 0.25) is 0 Å². The maximum Gasteiger partial charge on any atom is 0.0393 e. The molecule has 0 fully saturated rings. The van der Waals surface area contributed by atoms with E-state index in [1.165, 1.54) is 16.8 Å². The van der Waals surface area contributed by atoms with Crippen LogP contribution in [0.1, 0.15) is 17.5 Å². The van der Waals surface area contributed by atoms with Crippen molar-refractivity contribution >= 4 is 11.4 Å². The smallest absolute Gasteiger partial charge is 0.0393 e. The van der Waals surface area contributed by atoms with Gasteiger partial charge in [0.05, 0.1) is 0 Å². The van der Waals surface area contributed by atoms with E-state index in [0.29, 0.717) is 0 Å². The van der Waals surface area contributed by atoms with Crippen molar-refractivity contribution in [3.63, 3.8) is 0 Å². The van der Waals surface area contributed by atoms with Crippen LogP contribution in [0.4, 0.5) is 11.4 Å². The van der Waals surface area contributed by atoms with Crippen LogP contribution in [-0.2, 0) is 6.42 Å². The molecule has 0 unspecified atom stereocenters. The minimum Gasteiger partial charge on any atom is -0.399 e. The summed E-state index contributed by atoms with van der Waals surface area (Å²) >= 11 is 0. The predicted octanol–water partition coefficient (Wildman–Crippen LogP) is 3.65. The Balaban J connectivity index is 1.86. The average molecular weight is 254 g/mol. The number of nitrogens with zero attached hydrogens (tertiary/aromatic N) is 1. The minimum absolute atomic E-state index is 0.834. The second-order valence-electron chi connectivity index (χ2n) is 5.05. The van der Waals surface area contributed by atoms with Crippen LogP contribution in [0, 0.1) is 6.92 Å². The number of nitrogens with two attached hydrogens (primary N) is 1. The second-order valence-corrected chi connectivity index (χ2v) is 5.05. The average Bonchev–Trinajstić information content (AvgIpc) is 2.41. The molecule has 100 valence electrons. The summed E-state index contributed by atoms with van der Waals surface area (Å²) in [4.78, 5) is 2.33. The van der Waals surface area contributed by atoms with Gasteiger partial charge in [-0.3, -0.25) is 0 Å². The van der Waals surface area contributed by atoms with Gasteiger partial charge in [-0.25, -0.2) is 0 Å². The van der Waals surface area contributed by atoms with Crippen molar-refractivity contribution < 1.29 is 0 Å². The number of aryl methyl sites for hydroxylation is 2. The Morgan fingerprint density at radius 3 is 2.37 bits per heavy atom. The van der Waals surface area contributed by atoms with Crippen LogP contribution in [-0.4, -0.2) is 13.6 Å². The molecule has 2 nitrogen and oxygen atoms in total. The van der Waals surface area contributed by atoms with E-state index in [0.717, 1.165) is 25.1 Å². The predicted molar refractivity (Wildman–Crippen MR) is 83.6 cm³/mol. The number of anilines is 2. The van der Waals surface area contributed by atoms with E-state index in [-0.39, 0.29) is 0 Å². The number of hydrogen-bond donors (Lipinski definition) is 1. The zero-order chi connectivity index (χ0) is 13.7. The number of benzene rings is 2. The van der Waals surface area contributed by atoms with Crippen molar-refractivity contribution in [3.8, 4) is 0 Å². The van der Waals surface area contributed by atoms with Gasteiger partial charge >= 0.3 is 0 Å². The molecule has 0 bridgehead atoms. The zero-order valence-electron chi connectivity index (χ0n) is 11.8. The Bertz CT molecular complexity index is 517. The Labute approximate surface area is 115 Å². The highest BCUT2D eigenvalue weighted by molar-refractivity contribution is 5.52. The lowest BCUT2D eigenvalue weighted by molar-refractivity contribution is 0.784. The van der Waals surface area contributed by atoms with E-state index in [2.05, 4.69) is 55.3 Å². The van der Waals surface area contributed by atoms with Gasteiger partial charge in [-0.05, 0) is 49.1 Å². The van der Waals surface area contributed by atoms with Gasteiger partial charge in [-0.1, -0.05) is 30.3 Å². The molecule has 2 aromatic carbocycles. The second kappa shape index (κ2) is 6.28. The van der Waals surface area contributed by atoms with E-state index in [9.17, 15) is 0 Å². The van der Waals surface area contributed by atoms with Gasteiger partial charge in [0.15, 0.2) is 0 Å². The first-order valence-electron chi connectivity index (χ1n) is 6.78.